The lowest BCUT2D eigenvalue weighted by Gasteiger charge is -2.36. The lowest BCUT2D eigenvalue weighted by molar-refractivity contribution is 0.173. The van der Waals surface area contributed by atoms with E-state index in [-0.39, 0.29) is 0 Å². The first-order chi connectivity index (χ1) is 9.76. The first kappa shape index (κ1) is 15.4. The van der Waals surface area contributed by atoms with Crippen LogP contribution in [0.5, 0.6) is 5.75 Å². The van der Waals surface area contributed by atoms with Gasteiger partial charge in [0.25, 0.3) is 0 Å². The van der Waals surface area contributed by atoms with Crippen molar-refractivity contribution in [3.8, 4) is 5.75 Å². The topological polar surface area (TPSA) is 21.3 Å². The van der Waals surface area contributed by atoms with Gasteiger partial charge in [-0.15, -0.1) is 0 Å². The Morgan fingerprint density at radius 1 is 1.25 bits per heavy atom. The molecule has 0 aromatic heterocycles. The van der Waals surface area contributed by atoms with Gasteiger partial charge >= 0.3 is 0 Å². The summed E-state index contributed by atoms with van der Waals surface area (Å²) in [5.41, 5.74) is 1.42. The van der Waals surface area contributed by atoms with Gasteiger partial charge in [-0.3, -0.25) is 0 Å². The predicted octanol–water partition coefficient (Wildman–Crippen LogP) is 3.90. The van der Waals surface area contributed by atoms with Crippen molar-refractivity contribution >= 4 is 0 Å². The predicted molar refractivity (Wildman–Crippen MR) is 85.2 cm³/mol. The highest BCUT2D eigenvalue weighted by molar-refractivity contribution is 5.28. The summed E-state index contributed by atoms with van der Waals surface area (Å²) in [6, 6.07) is 8.59. The summed E-state index contributed by atoms with van der Waals surface area (Å²) < 4.78 is 5.35. The minimum Gasteiger partial charge on any atom is -0.497 e. The van der Waals surface area contributed by atoms with Gasteiger partial charge in [-0.25, -0.2) is 0 Å². The molecule has 0 radical (unpaired) electrons. The van der Waals surface area contributed by atoms with Crippen LogP contribution in [0.2, 0.25) is 0 Å². The summed E-state index contributed by atoms with van der Waals surface area (Å²) in [6.45, 7) is 3.50. The third-order valence-electron chi connectivity index (χ3n) is 4.92. The first-order valence-electron chi connectivity index (χ1n) is 8.04. The van der Waals surface area contributed by atoms with Crippen LogP contribution in [0.15, 0.2) is 24.3 Å². The Morgan fingerprint density at radius 3 is 2.80 bits per heavy atom. The van der Waals surface area contributed by atoms with Gasteiger partial charge in [-0.1, -0.05) is 31.9 Å². The Labute approximate surface area is 123 Å². The van der Waals surface area contributed by atoms with E-state index < -0.39 is 0 Å². The molecular formula is C18H29NO. The van der Waals surface area contributed by atoms with Crippen LogP contribution in [0.1, 0.15) is 38.2 Å². The third kappa shape index (κ3) is 3.99. The van der Waals surface area contributed by atoms with Crippen molar-refractivity contribution in [2.45, 2.75) is 39.0 Å². The second-order valence-corrected chi connectivity index (χ2v) is 6.22. The quantitative estimate of drug-likeness (QED) is 0.850. The summed E-state index contributed by atoms with van der Waals surface area (Å²) >= 11 is 0. The second-order valence-electron chi connectivity index (χ2n) is 6.22. The molecule has 1 aromatic rings. The van der Waals surface area contributed by atoms with Gasteiger partial charge in [-0.2, -0.15) is 0 Å². The van der Waals surface area contributed by atoms with Crippen molar-refractivity contribution in [3.05, 3.63) is 29.8 Å². The van der Waals surface area contributed by atoms with Crippen LogP contribution in [0.25, 0.3) is 0 Å². The Hall–Kier alpha value is -1.02. The van der Waals surface area contributed by atoms with E-state index in [0.29, 0.717) is 0 Å². The van der Waals surface area contributed by atoms with Gasteiger partial charge in [0.15, 0.2) is 0 Å². The lowest BCUT2D eigenvalue weighted by Crippen LogP contribution is -2.33. The summed E-state index contributed by atoms with van der Waals surface area (Å²) in [4.78, 5) is 0. The standard InChI is InChI=1S/C18H29NO/c1-4-14-8-9-16(13-19-2)17(10-14)11-15-6-5-7-18(12-15)20-3/h5-7,12,14,16-17,19H,4,8-11,13H2,1-3H3. The minimum atomic E-state index is 0.813. The molecule has 1 aromatic carbocycles. The summed E-state index contributed by atoms with van der Waals surface area (Å²) in [7, 11) is 3.82. The van der Waals surface area contributed by atoms with E-state index >= 15 is 0 Å². The van der Waals surface area contributed by atoms with E-state index in [9.17, 15) is 0 Å². The second kappa shape index (κ2) is 7.68. The molecule has 3 atom stereocenters. The van der Waals surface area contributed by atoms with Gasteiger partial charge in [0.1, 0.15) is 5.75 Å². The number of nitrogens with one attached hydrogen (secondary N) is 1. The molecule has 3 unspecified atom stereocenters. The van der Waals surface area contributed by atoms with Crippen LogP contribution in [0.3, 0.4) is 0 Å². The van der Waals surface area contributed by atoms with Crippen molar-refractivity contribution in [1.29, 1.82) is 0 Å². The van der Waals surface area contributed by atoms with Crippen LogP contribution in [-0.4, -0.2) is 20.7 Å². The van der Waals surface area contributed by atoms with Gasteiger partial charge < -0.3 is 10.1 Å². The van der Waals surface area contributed by atoms with Crippen molar-refractivity contribution in [1.82, 2.24) is 5.32 Å². The molecule has 1 fully saturated rings. The molecule has 0 aliphatic heterocycles. The molecule has 1 N–H and O–H groups in total. The highest BCUT2D eigenvalue weighted by atomic mass is 16.5. The molecule has 0 saturated heterocycles. The van der Waals surface area contributed by atoms with Crippen LogP contribution in [0, 0.1) is 17.8 Å². The van der Waals surface area contributed by atoms with Gasteiger partial charge in [0.05, 0.1) is 7.11 Å². The monoisotopic (exact) mass is 275 g/mol. The molecule has 2 rings (SSSR count). The highest BCUT2D eigenvalue weighted by Gasteiger charge is 2.29. The maximum atomic E-state index is 5.35. The largest absolute Gasteiger partial charge is 0.497 e. The fourth-order valence-electron chi connectivity index (χ4n) is 3.68. The average molecular weight is 275 g/mol. The molecule has 20 heavy (non-hydrogen) atoms. The Balaban J connectivity index is 2.05. The van der Waals surface area contributed by atoms with E-state index in [1.165, 1.54) is 37.7 Å². The molecule has 0 heterocycles. The molecule has 0 spiro atoms. The third-order valence-corrected chi connectivity index (χ3v) is 4.92. The zero-order valence-electron chi connectivity index (χ0n) is 13.2. The SMILES string of the molecule is CCC1CCC(CNC)C(Cc2cccc(OC)c2)C1. The normalized spacial score (nSPS) is 26.4. The maximum absolute atomic E-state index is 5.35. The Morgan fingerprint density at radius 2 is 2.10 bits per heavy atom. The Kier molecular flexibility index (Phi) is 5.90. The summed E-state index contributed by atoms with van der Waals surface area (Å²) in [5, 5.41) is 3.38. The minimum absolute atomic E-state index is 0.813. The number of benzene rings is 1. The Bertz CT molecular complexity index is 404. The molecule has 2 heteroatoms. The average Bonchev–Trinajstić information content (AvgIpc) is 2.49. The van der Waals surface area contributed by atoms with Crippen LogP contribution in [-0.2, 0) is 6.42 Å². The number of rotatable bonds is 6. The zero-order valence-corrected chi connectivity index (χ0v) is 13.2. The first-order valence-corrected chi connectivity index (χ1v) is 8.04. The molecule has 112 valence electrons. The van der Waals surface area contributed by atoms with Gasteiger partial charge in [0, 0.05) is 0 Å². The molecule has 1 aliphatic rings. The molecule has 1 aliphatic carbocycles. The number of hydrogen-bond donors (Lipinski definition) is 1. The summed E-state index contributed by atoms with van der Waals surface area (Å²) in [6.07, 6.45) is 6.71. The van der Waals surface area contributed by atoms with Crippen molar-refractivity contribution in [3.63, 3.8) is 0 Å². The number of methoxy groups -OCH3 is 1. The van der Waals surface area contributed by atoms with Crippen molar-refractivity contribution in [2.75, 3.05) is 20.7 Å². The highest BCUT2D eigenvalue weighted by Crippen LogP contribution is 2.37. The zero-order chi connectivity index (χ0) is 14.4. The maximum Gasteiger partial charge on any atom is 0.119 e. The van der Waals surface area contributed by atoms with E-state index in [1.807, 2.05) is 6.07 Å². The molecule has 2 nitrogen and oxygen atoms in total. The summed E-state index contributed by atoms with van der Waals surface area (Å²) in [5.74, 6) is 3.55. The van der Waals surface area contributed by atoms with E-state index in [4.69, 9.17) is 4.74 Å². The molecule has 0 bridgehead atoms. The van der Waals surface area contributed by atoms with Crippen LogP contribution in [0.4, 0.5) is 0 Å². The van der Waals surface area contributed by atoms with Crippen molar-refractivity contribution < 1.29 is 4.74 Å². The lowest BCUT2D eigenvalue weighted by atomic mass is 9.71. The number of hydrogen-bond acceptors (Lipinski definition) is 2. The molecule has 0 amide bonds. The van der Waals surface area contributed by atoms with Crippen molar-refractivity contribution in [2.24, 2.45) is 17.8 Å². The van der Waals surface area contributed by atoms with E-state index in [0.717, 1.165) is 30.0 Å². The van der Waals surface area contributed by atoms with Crippen LogP contribution >= 0.6 is 0 Å². The van der Waals surface area contributed by atoms with Gasteiger partial charge in [0.2, 0.25) is 0 Å². The molecular weight excluding hydrogens is 246 g/mol. The fraction of sp³-hybridized carbons (Fsp3) is 0.667. The van der Waals surface area contributed by atoms with E-state index in [2.05, 4.69) is 37.5 Å². The molecule has 1 saturated carbocycles. The van der Waals surface area contributed by atoms with Crippen LogP contribution < -0.4 is 10.1 Å². The van der Waals surface area contributed by atoms with E-state index in [1.54, 1.807) is 7.11 Å². The fourth-order valence-corrected chi connectivity index (χ4v) is 3.68. The smallest absolute Gasteiger partial charge is 0.119 e. The number of ether oxygens (including phenoxy) is 1. The van der Waals surface area contributed by atoms with Gasteiger partial charge in [-0.05, 0) is 68.3 Å².